The Hall–Kier alpha value is -2.37. The maximum Gasteiger partial charge on any atom is 0.329 e. The van der Waals surface area contributed by atoms with Gasteiger partial charge >= 0.3 is 5.97 Å². The number of rotatable bonds is 9. The number of ketones is 1. The number of hydrogen-bond donors (Lipinski definition) is 1. The van der Waals surface area contributed by atoms with E-state index in [0.717, 1.165) is 19.3 Å². The molecule has 4 aliphatic carbocycles. The highest BCUT2D eigenvalue weighted by Gasteiger charge is 2.54. The van der Waals surface area contributed by atoms with Crippen LogP contribution in [0.5, 0.6) is 5.75 Å². The summed E-state index contributed by atoms with van der Waals surface area (Å²) in [7, 11) is 0. The fourth-order valence-corrected chi connectivity index (χ4v) is 6.48. The summed E-state index contributed by atoms with van der Waals surface area (Å²) in [5.74, 6) is 1.40. The van der Waals surface area contributed by atoms with Crippen LogP contribution in [0.15, 0.2) is 24.3 Å². The van der Waals surface area contributed by atoms with Gasteiger partial charge in [-0.1, -0.05) is 26.0 Å². The van der Waals surface area contributed by atoms with Gasteiger partial charge in [-0.25, -0.2) is 4.79 Å². The lowest BCUT2D eigenvalue weighted by Gasteiger charge is -2.55. The summed E-state index contributed by atoms with van der Waals surface area (Å²) >= 11 is 0. The number of Topliss-reactive ketones (excluding diaryl/α,β-unsaturated/α-hetero) is 1. The molecule has 4 saturated carbocycles. The zero-order valence-corrected chi connectivity index (χ0v) is 19.4. The topological polar surface area (TPSA) is 81.7 Å². The Bertz CT molecular complexity index is 841. The van der Waals surface area contributed by atoms with E-state index in [4.69, 9.17) is 9.47 Å². The summed E-state index contributed by atoms with van der Waals surface area (Å²) in [6, 6.07) is 6.11. The number of amides is 1. The second-order valence-electron chi connectivity index (χ2n) is 10.4. The van der Waals surface area contributed by atoms with Gasteiger partial charge in [0.05, 0.1) is 12.2 Å². The third-order valence-electron chi connectivity index (χ3n) is 7.61. The fraction of sp³-hybridized carbons (Fsp3) is 0.654. The van der Waals surface area contributed by atoms with Crippen LogP contribution in [0.25, 0.3) is 0 Å². The SMILES string of the molecule is CCOc1ccccc1C(=O)N[C@H](C(=O)OCC(=O)C12CC3CC(CC(C3)C1)C2)C(C)C. The molecule has 0 aliphatic heterocycles. The molecule has 1 aromatic rings. The maximum absolute atomic E-state index is 13.2. The molecule has 0 saturated heterocycles. The summed E-state index contributed by atoms with van der Waals surface area (Å²) < 4.78 is 11.0. The number of nitrogens with one attached hydrogen (secondary N) is 1. The van der Waals surface area contributed by atoms with E-state index >= 15 is 0 Å². The molecule has 1 aromatic carbocycles. The molecule has 4 bridgehead atoms. The summed E-state index contributed by atoms with van der Waals surface area (Å²) in [4.78, 5) is 38.9. The number of carbonyl (C=O) groups is 3. The predicted octanol–water partition coefficient (Wildman–Crippen LogP) is 4.17. The average molecular weight is 442 g/mol. The van der Waals surface area contributed by atoms with Gasteiger partial charge in [0.2, 0.25) is 0 Å². The number of para-hydroxylation sites is 1. The molecule has 1 atom stereocenters. The second-order valence-corrected chi connectivity index (χ2v) is 10.4. The third-order valence-corrected chi connectivity index (χ3v) is 7.61. The van der Waals surface area contributed by atoms with E-state index in [1.54, 1.807) is 24.3 Å². The Morgan fingerprint density at radius 2 is 1.62 bits per heavy atom. The van der Waals surface area contributed by atoms with Gasteiger partial charge in [0.25, 0.3) is 5.91 Å². The lowest BCUT2D eigenvalue weighted by Crippen LogP contribution is -2.51. The van der Waals surface area contributed by atoms with Crippen molar-refractivity contribution in [3.05, 3.63) is 29.8 Å². The molecule has 1 amide bonds. The van der Waals surface area contributed by atoms with Crippen molar-refractivity contribution in [3.63, 3.8) is 0 Å². The Kier molecular flexibility index (Phi) is 6.59. The molecule has 5 rings (SSSR count). The van der Waals surface area contributed by atoms with E-state index in [-0.39, 0.29) is 23.7 Å². The highest BCUT2D eigenvalue weighted by Crippen LogP contribution is 2.60. The first kappa shape index (κ1) is 22.8. The molecule has 174 valence electrons. The van der Waals surface area contributed by atoms with Crippen LogP contribution < -0.4 is 10.1 Å². The molecular formula is C26H35NO5. The number of carbonyl (C=O) groups excluding carboxylic acids is 3. The first-order valence-electron chi connectivity index (χ1n) is 12.0. The van der Waals surface area contributed by atoms with E-state index in [9.17, 15) is 14.4 Å². The molecule has 0 spiro atoms. The molecule has 1 N–H and O–H groups in total. The smallest absolute Gasteiger partial charge is 0.329 e. The molecule has 0 unspecified atom stereocenters. The Morgan fingerprint density at radius 1 is 1.03 bits per heavy atom. The zero-order chi connectivity index (χ0) is 22.9. The van der Waals surface area contributed by atoms with Crippen LogP contribution in [0.4, 0.5) is 0 Å². The Morgan fingerprint density at radius 3 is 2.19 bits per heavy atom. The minimum Gasteiger partial charge on any atom is -0.493 e. The van der Waals surface area contributed by atoms with Gasteiger partial charge in [-0.3, -0.25) is 9.59 Å². The Labute approximate surface area is 190 Å². The van der Waals surface area contributed by atoms with Crippen molar-refractivity contribution < 1.29 is 23.9 Å². The molecule has 4 aliphatic rings. The van der Waals surface area contributed by atoms with Gasteiger partial charge in [0, 0.05) is 5.41 Å². The van der Waals surface area contributed by atoms with Crippen LogP contribution in [-0.4, -0.2) is 36.9 Å². The van der Waals surface area contributed by atoms with Crippen molar-refractivity contribution in [3.8, 4) is 5.75 Å². The summed E-state index contributed by atoms with van der Waals surface area (Å²) in [6.07, 6.45) is 6.64. The molecule has 6 nitrogen and oxygen atoms in total. The zero-order valence-electron chi connectivity index (χ0n) is 19.4. The van der Waals surface area contributed by atoms with Gasteiger partial charge in [-0.2, -0.15) is 0 Å². The highest BCUT2D eigenvalue weighted by atomic mass is 16.5. The van der Waals surface area contributed by atoms with E-state index in [1.807, 2.05) is 20.8 Å². The number of benzene rings is 1. The predicted molar refractivity (Wildman–Crippen MR) is 120 cm³/mol. The van der Waals surface area contributed by atoms with Crippen LogP contribution in [0.3, 0.4) is 0 Å². The normalized spacial score (nSPS) is 28.9. The summed E-state index contributed by atoms with van der Waals surface area (Å²) in [6.45, 7) is 5.79. The average Bonchev–Trinajstić information content (AvgIpc) is 2.75. The van der Waals surface area contributed by atoms with E-state index in [2.05, 4.69) is 5.32 Å². The van der Waals surface area contributed by atoms with Gasteiger partial charge in [0.15, 0.2) is 12.4 Å². The number of ether oxygens (including phenoxy) is 2. The molecule has 4 fully saturated rings. The van der Waals surface area contributed by atoms with Crippen molar-refractivity contribution in [2.24, 2.45) is 29.1 Å². The van der Waals surface area contributed by atoms with Crippen LogP contribution in [0.1, 0.15) is 69.7 Å². The quantitative estimate of drug-likeness (QED) is 0.582. The van der Waals surface area contributed by atoms with E-state index in [1.165, 1.54) is 19.3 Å². The minimum absolute atomic E-state index is 0.0699. The van der Waals surface area contributed by atoms with Crippen LogP contribution >= 0.6 is 0 Å². The van der Waals surface area contributed by atoms with Gasteiger partial charge in [-0.15, -0.1) is 0 Å². The van der Waals surface area contributed by atoms with Gasteiger partial charge in [-0.05, 0) is 81.3 Å². The molecular weight excluding hydrogens is 406 g/mol. The van der Waals surface area contributed by atoms with Crippen molar-refractivity contribution >= 4 is 17.7 Å². The fourth-order valence-electron chi connectivity index (χ4n) is 6.48. The third kappa shape index (κ3) is 4.55. The largest absolute Gasteiger partial charge is 0.493 e. The summed E-state index contributed by atoms with van der Waals surface area (Å²) in [5.41, 5.74) is 0.0830. The summed E-state index contributed by atoms with van der Waals surface area (Å²) in [5, 5.41) is 2.79. The minimum atomic E-state index is -0.832. The van der Waals surface area contributed by atoms with Crippen molar-refractivity contribution in [2.45, 2.75) is 65.3 Å². The first-order chi connectivity index (χ1) is 15.3. The first-order valence-corrected chi connectivity index (χ1v) is 12.0. The molecule has 32 heavy (non-hydrogen) atoms. The van der Waals surface area contributed by atoms with Gasteiger partial charge < -0.3 is 14.8 Å². The molecule has 6 heteroatoms. The standard InChI is InChI=1S/C26H35NO5/c1-4-31-21-8-6-5-7-20(21)24(29)27-23(16(2)3)25(30)32-15-22(28)26-12-17-9-18(13-26)11-19(10-17)14-26/h5-8,16-19,23H,4,9-15H2,1-3H3,(H,27,29)/t17?,18?,19?,23-,26?/m0/s1. The monoisotopic (exact) mass is 441 g/mol. The molecule has 0 aromatic heterocycles. The molecule has 0 radical (unpaired) electrons. The van der Waals surface area contributed by atoms with Crippen LogP contribution in [0, 0.1) is 29.1 Å². The lowest BCUT2D eigenvalue weighted by atomic mass is 9.48. The van der Waals surface area contributed by atoms with Crippen molar-refractivity contribution in [2.75, 3.05) is 13.2 Å². The van der Waals surface area contributed by atoms with Gasteiger partial charge in [0.1, 0.15) is 11.8 Å². The number of hydrogen-bond acceptors (Lipinski definition) is 5. The van der Waals surface area contributed by atoms with E-state index < -0.39 is 17.9 Å². The Balaban J connectivity index is 1.38. The van der Waals surface area contributed by atoms with Crippen molar-refractivity contribution in [1.82, 2.24) is 5.32 Å². The van der Waals surface area contributed by atoms with Crippen LogP contribution in [0.2, 0.25) is 0 Å². The van der Waals surface area contributed by atoms with E-state index in [0.29, 0.717) is 35.7 Å². The lowest BCUT2D eigenvalue weighted by molar-refractivity contribution is -0.159. The number of esters is 1. The second kappa shape index (κ2) is 9.24. The molecule has 0 heterocycles. The maximum atomic E-state index is 13.2. The highest BCUT2D eigenvalue weighted by molar-refractivity contribution is 5.99. The van der Waals surface area contributed by atoms with Crippen molar-refractivity contribution in [1.29, 1.82) is 0 Å². The van der Waals surface area contributed by atoms with Crippen LogP contribution in [-0.2, 0) is 14.3 Å².